The molecule has 0 saturated carbocycles. The minimum absolute atomic E-state index is 0.0810. The zero-order chi connectivity index (χ0) is 13.2. The Bertz CT molecular complexity index is 517. The molecule has 0 bridgehead atoms. The van der Waals surface area contributed by atoms with Crippen LogP contribution in [0, 0.1) is 6.92 Å². The predicted molar refractivity (Wildman–Crippen MR) is 67.5 cm³/mol. The first kappa shape index (κ1) is 14.2. The van der Waals surface area contributed by atoms with Crippen molar-refractivity contribution in [3.05, 3.63) is 22.7 Å². The Hall–Kier alpha value is -0.820. The molecule has 0 fully saturated rings. The quantitative estimate of drug-likeness (QED) is 0.713. The van der Waals surface area contributed by atoms with E-state index >= 15 is 0 Å². The van der Waals surface area contributed by atoms with E-state index in [1.54, 1.807) is 13.8 Å². The van der Waals surface area contributed by atoms with Crippen molar-refractivity contribution in [1.82, 2.24) is 4.72 Å². The highest BCUT2D eigenvalue weighted by Crippen LogP contribution is 2.26. The summed E-state index contributed by atoms with van der Waals surface area (Å²) in [6.07, 6.45) is 0. The number of halogens is 1. The lowest BCUT2D eigenvalue weighted by atomic mass is 10.2. The van der Waals surface area contributed by atoms with Gasteiger partial charge in [-0.3, -0.25) is 0 Å². The van der Waals surface area contributed by atoms with E-state index in [1.165, 1.54) is 12.1 Å². The number of anilines is 1. The van der Waals surface area contributed by atoms with Crippen LogP contribution < -0.4 is 10.5 Å². The zero-order valence-corrected chi connectivity index (χ0v) is 11.1. The average molecular weight is 279 g/mol. The van der Waals surface area contributed by atoms with Gasteiger partial charge in [0, 0.05) is 11.7 Å². The van der Waals surface area contributed by atoms with E-state index in [-0.39, 0.29) is 16.5 Å². The Labute approximate surface area is 106 Å². The molecule has 0 heterocycles. The third-order valence-electron chi connectivity index (χ3n) is 2.24. The van der Waals surface area contributed by atoms with Crippen LogP contribution in [0.3, 0.4) is 0 Å². The van der Waals surface area contributed by atoms with Crippen molar-refractivity contribution in [2.24, 2.45) is 0 Å². The minimum atomic E-state index is -3.76. The van der Waals surface area contributed by atoms with Crippen LogP contribution in [0.4, 0.5) is 5.69 Å². The Morgan fingerprint density at radius 2 is 2.12 bits per heavy atom. The van der Waals surface area contributed by atoms with Gasteiger partial charge in [0.05, 0.1) is 11.6 Å². The van der Waals surface area contributed by atoms with Gasteiger partial charge >= 0.3 is 0 Å². The molecule has 4 N–H and O–H groups in total. The second-order valence-corrected chi connectivity index (χ2v) is 5.93. The van der Waals surface area contributed by atoms with E-state index in [4.69, 9.17) is 22.4 Å². The number of nitrogen functional groups attached to an aromatic ring is 1. The molecule has 0 spiro atoms. The maximum Gasteiger partial charge on any atom is 0.242 e. The number of hydrogen-bond acceptors (Lipinski definition) is 4. The highest BCUT2D eigenvalue weighted by molar-refractivity contribution is 7.89. The first-order chi connectivity index (χ1) is 7.77. The van der Waals surface area contributed by atoms with Crippen molar-refractivity contribution in [3.8, 4) is 0 Å². The summed E-state index contributed by atoms with van der Waals surface area (Å²) in [4.78, 5) is -0.0810. The number of sulfonamides is 1. The van der Waals surface area contributed by atoms with Crippen molar-refractivity contribution >= 4 is 27.3 Å². The number of rotatable bonds is 4. The molecule has 1 unspecified atom stereocenters. The van der Waals surface area contributed by atoms with Crippen molar-refractivity contribution in [2.75, 3.05) is 12.3 Å². The fourth-order valence-electron chi connectivity index (χ4n) is 1.24. The first-order valence-corrected chi connectivity index (χ1v) is 6.83. The highest BCUT2D eigenvalue weighted by atomic mass is 35.5. The van der Waals surface area contributed by atoms with E-state index in [1.807, 2.05) is 0 Å². The van der Waals surface area contributed by atoms with Gasteiger partial charge in [-0.2, -0.15) is 0 Å². The van der Waals surface area contributed by atoms with Crippen molar-refractivity contribution in [2.45, 2.75) is 24.8 Å². The molecule has 1 aromatic carbocycles. The molecule has 0 aromatic heterocycles. The van der Waals surface area contributed by atoms with Crippen molar-refractivity contribution in [1.29, 1.82) is 0 Å². The SMILES string of the molecule is Cc1cc(Cl)c(S(=O)(=O)NC(C)CO)cc1N. The monoisotopic (exact) mass is 278 g/mol. The lowest BCUT2D eigenvalue weighted by molar-refractivity contribution is 0.265. The van der Waals surface area contributed by atoms with E-state index in [0.717, 1.165) is 0 Å². The molecule has 0 amide bonds. The fraction of sp³-hybridized carbons (Fsp3) is 0.400. The van der Waals surface area contributed by atoms with E-state index in [2.05, 4.69) is 4.72 Å². The van der Waals surface area contributed by atoms with Crippen LogP contribution in [0.15, 0.2) is 17.0 Å². The summed E-state index contributed by atoms with van der Waals surface area (Å²) in [5, 5.41) is 8.93. The lowest BCUT2D eigenvalue weighted by Gasteiger charge is -2.13. The van der Waals surface area contributed by atoms with Crippen LogP contribution in [-0.2, 0) is 10.0 Å². The summed E-state index contributed by atoms with van der Waals surface area (Å²) in [6.45, 7) is 2.99. The van der Waals surface area contributed by atoms with Crippen molar-refractivity contribution < 1.29 is 13.5 Å². The van der Waals surface area contributed by atoms with Gasteiger partial charge in [-0.15, -0.1) is 0 Å². The van der Waals surface area contributed by atoms with Gasteiger partial charge in [0.1, 0.15) is 4.90 Å². The molecule has 1 atom stereocenters. The van der Waals surface area contributed by atoms with Crippen molar-refractivity contribution in [3.63, 3.8) is 0 Å². The number of nitrogens with two attached hydrogens (primary N) is 1. The number of nitrogens with one attached hydrogen (secondary N) is 1. The van der Waals surface area contributed by atoms with Crippen LogP contribution in [-0.4, -0.2) is 26.2 Å². The van der Waals surface area contributed by atoms with Crippen LogP contribution in [0.5, 0.6) is 0 Å². The maximum atomic E-state index is 11.9. The summed E-state index contributed by atoms with van der Waals surface area (Å²) < 4.78 is 26.1. The molecule has 96 valence electrons. The van der Waals surface area contributed by atoms with Gasteiger partial charge < -0.3 is 10.8 Å². The molecule has 7 heteroatoms. The summed E-state index contributed by atoms with van der Waals surface area (Å²) in [6, 6.07) is 2.22. The van der Waals surface area contributed by atoms with Gasteiger partial charge in [0.2, 0.25) is 10.0 Å². The summed E-state index contributed by atoms with van der Waals surface area (Å²) >= 11 is 5.88. The smallest absolute Gasteiger partial charge is 0.242 e. The zero-order valence-electron chi connectivity index (χ0n) is 9.57. The third kappa shape index (κ3) is 3.32. The average Bonchev–Trinajstić information content (AvgIpc) is 2.22. The van der Waals surface area contributed by atoms with Gasteiger partial charge in [0.25, 0.3) is 0 Å². The van der Waals surface area contributed by atoms with Gasteiger partial charge in [-0.1, -0.05) is 11.6 Å². The number of benzene rings is 1. The number of aliphatic hydroxyl groups excluding tert-OH is 1. The largest absolute Gasteiger partial charge is 0.398 e. The summed E-state index contributed by atoms with van der Waals surface area (Å²) in [5.41, 5.74) is 6.71. The first-order valence-electron chi connectivity index (χ1n) is 4.96. The molecule has 0 radical (unpaired) electrons. The molecule has 0 aliphatic carbocycles. The highest BCUT2D eigenvalue weighted by Gasteiger charge is 2.21. The molecule has 0 aliphatic heterocycles. The molecule has 5 nitrogen and oxygen atoms in total. The standard InChI is InChI=1S/C10H15ClN2O3S/c1-6-3-8(11)10(4-9(6)12)17(15,16)13-7(2)5-14/h3-4,7,13-14H,5,12H2,1-2H3. The molecule has 0 aliphatic rings. The normalized spacial score (nSPS) is 13.6. The Morgan fingerprint density at radius 3 is 2.65 bits per heavy atom. The third-order valence-corrected chi connectivity index (χ3v) is 4.29. The molecular weight excluding hydrogens is 264 g/mol. The predicted octanol–water partition coefficient (Wildman–Crippen LogP) is 0.890. The maximum absolute atomic E-state index is 11.9. The van der Waals surface area contributed by atoms with Gasteiger partial charge in [-0.05, 0) is 31.5 Å². The van der Waals surface area contributed by atoms with Gasteiger partial charge in [-0.25, -0.2) is 13.1 Å². The molecule has 0 saturated heterocycles. The van der Waals surface area contributed by atoms with Crippen LogP contribution in [0.2, 0.25) is 5.02 Å². The van der Waals surface area contributed by atoms with Gasteiger partial charge in [0.15, 0.2) is 0 Å². The minimum Gasteiger partial charge on any atom is -0.398 e. The number of aryl methyl sites for hydroxylation is 1. The van der Waals surface area contributed by atoms with Crippen LogP contribution in [0.1, 0.15) is 12.5 Å². The lowest BCUT2D eigenvalue weighted by Crippen LogP contribution is -2.35. The number of hydrogen-bond donors (Lipinski definition) is 3. The topological polar surface area (TPSA) is 92.4 Å². The summed E-state index contributed by atoms with van der Waals surface area (Å²) in [7, 11) is -3.76. The molecule has 1 aromatic rings. The number of aliphatic hydroxyl groups is 1. The second-order valence-electron chi connectivity index (χ2n) is 3.84. The summed E-state index contributed by atoms with van der Waals surface area (Å²) in [5.74, 6) is 0. The molecular formula is C10H15ClN2O3S. The molecule has 1 rings (SSSR count). The second kappa shape index (κ2) is 5.22. The molecule has 17 heavy (non-hydrogen) atoms. The van der Waals surface area contributed by atoms with Crippen LogP contribution >= 0.6 is 11.6 Å². The van der Waals surface area contributed by atoms with E-state index in [0.29, 0.717) is 11.3 Å². The Kier molecular flexibility index (Phi) is 4.37. The van der Waals surface area contributed by atoms with E-state index < -0.39 is 16.1 Å². The van der Waals surface area contributed by atoms with E-state index in [9.17, 15) is 8.42 Å². The fourth-order valence-corrected chi connectivity index (χ4v) is 3.09. The Morgan fingerprint density at radius 1 is 1.53 bits per heavy atom. The van der Waals surface area contributed by atoms with Crippen LogP contribution in [0.25, 0.3) is 0 Å². The Balaban J connectivity index is 3.20.